The van der Waals surface area contributed by atoms with E-state index in [0.717, 1.165) is 38.2 Å². The van der Waals surface area contributed by atoms with Crippen LogP contribution in [0.5, 0.6) is 0 Å². The summed E-state index contributed by atoms with van der Waals surface area (Å²) in [5, 5.41) is 11.9. The molecule has 0 aliphatic carbocycles. The molecule has 0 fully saturated rings. The van der Waals surface area contributed by atoms with Crippen molar-refractivity contribution in [2.45, 2.75) is 6.42 Å². The Bertz CT molecular complexity index is 1360. The summed E-state index contributed by atoms with van der Waals surface area (Å²) in [6.07, 6.45) is 0.566. The van der Waals surface area contributed by atoms with E-state index in [0.29, 0.717) is 12.0 Å². The first-order valence-corrected chi connectivity index (χ1v) is 12.0. The van der Waals surface area contributed by atoms with Gasteiger partial charge in [0, 0.05) is 22.3 Å². The van der Waals surface area contributed by atoms with Crippen LogP contribution in [0.3, 0.4) is 0 Å². The van der Waals surface area contributed by atoms with Gasteiger partial charge in [0.2, 0.25) is 0 Å². The fourth-order valence-corrected chi connectivity index (χ4v) is 7.63. The van der Waals surface area contributed by atoms with Gasteiger partial charge < -0.3 is 4.57 Å². The summed E-state index contributed by atoms with van der Waals surface area (Å²) < 4.78 is 15.0. The van der Waals surface area contributed by atoms with Crippen LogP contribution in [0.25, 0.3) is 5.57 Å². The molecule has 0 amide bonds. The molecule has 1 atom stereocenters. The number of allylic oxidation sites excluding steroid dienone is 1. The highest BCUT2D eigenvalue weighted by Crippen LogP contribution is 2.61. The maximum atomic E-state index is 15.0. The standard InChI is InChI=1S/C28H20NOP/c29-20-22-17-15-21(16-18-22)19-27-28(23-9-3-1-4-10-23)25-13-7-8-14-26(25)31(27,30)24-11-5-2-6-12-24/h1-18H,19H2. The normalized spacial score (nSPS) is 17.3. The average Bonchev–Trinajstić information content (AvgIpc) is 3.10. The zero-order valence-electron chi connectivity index (χ0n) is 16.9. The summed E-state index contributed by atoms with van der Waals surface area (Å²) in [4.78, 5) is 0. The molecule has 1 aliphatic heterocycles. The second-order valence-electron chi connectivity index (χ2n) is 7.64. The van der Waals surface area contributed by atoms with Crippen molar-refractivity contribution in [2.75, 3.05) is 0 Å². The van der Waals surface area contributed by atoms with Gasteiger partial charge in [-0.15, -0.1) is 0 Å². The van der Waals surface area contributed by atoms with Gasteiger partial charge in [-0.2, -0.15) is 5.26 Å². The van der Waals surface area contributed by atoms with Crippen molar-refractivity contribution >= 4 is 23.3 Å². The molecule has 0 radical (unpaired) electrons. The van der Waals surface area contributed by atoms with E-state index < -0.39 is 7.14 Å². The van der Waals surface area contributed by atoms with Crippen LogP contribution < -0.4 is 10.6 Å². The van der Waals surface area contributed by atoms with Gasteiger partial charge in [0.05, 0.1) is 11.6 Å². The van der Waals surface area contributed by atoms with Crippen LogP contribution in [0.15, 0.2) is 115 Å². The molecular formula is C28H20NOP. The third-order valence-electron chi connectivity index (χ3n) is 5.82. The van der Waals surface area contributed by atoms with Gasteiger partial charge in [-0.1, -0.05) is 97.1 Å². The first-order chi connectivity index (χ1) is 15.2. The summed E-state index contributed by atoms with van der Waals surface area (Å²) in [5.74, 6) is 0. The van der Waals surface area contributed by atoms with Crippen molar-refractivity contribution in [3.8, 4) is 6.07 Å². The molecule has 0 bridgehead atoms. The minimum absolute atomic E-state index is 0.566. The van der Waals surface area contributed by atoms with Crippen molar-refractivity contribution in [2.24, 2.45) is 0 Å². The molecule has 4 aromatic carbocycles. The zero-order valence-corrected chi connectivity index (χ0v) is 17.8. The molecule has 1 unspecified atom stereocenters. The molecular weight excluding hydrogens is 397 g/mol. The van der Waals surface area contributed by atoms with E-state index in [1.165, 1.54) is 0 Å². The SMILES string of the molecule is N#Cc1ccc(CC2=C(c3ccccc3)c3ccccc3P2(=O)c2ccccc2)cc1. The van der Waals surface area contributed by atoms with Crippen molar-refractivity contribution in [3.63, 3.8) is 0 Å². The lowest BCUT2D eigenvalue weighted by atomic mass is 9.96. The maximum Gasteiger partial charge on any atom is 0.168 e. The molecule has 0 aromatic heterocycles. The third-order valence-corrected chi connectivity index (χ3v) is 9.05. The maximum absolute atomic E-state index is 15.0. The van der Waals surface area contributed by atoms with Gasteiger partial charge in [0.25, 0.3) is 0 Å². The van der Waals surface area contributed by atoms with Gasteiger partial charge in [0.1, 0.15) is 0 Å². The van der Waals surface area contributed by atoms with Crippen molar-refractivity contribution < 1.29 is 4.57 Å². The van der Waals surface area contributed by atoms with Gasteiger partial charge in [0.15, 0.2) is 7.14 Å². The molecule has 3 heteroatoms. The fraction of sp³-hybridized carbons (Fsp3) is 0.0357. The Morgan fingerprint density at radius 3 is 2.00 bits per heavy atom. The zero-order chi connectivity index (χ0) is 21.3. The Kier molecular flexibility index (Phi) is 4.91. The molecule has 2 nitrogen and oxygen atoms in total. The molecule has 4 aromatic rings. The molecule has 1 aliphatic rings. The van der Waals surface area contributed by atoms with Crippen LogP contribution in [-0.2, 0) is 11.0 Å². The van der Waals surface area contributed by atoms with E-state index in [9.17, 15) is 4.57 Å². The lowest BCUT2D eigenvalue weighted by Gasteiger charge is -2.19. The second-order valence-corrected chi connectivity index (χ2v) is 10.4. The lowest BCUT2D eigenvalue weighted by molar-refractivity contribution is 0.590. The average molecular weight is 417 g/mol. The first-order valence-electron chi connectivity index (χ1n) is 10.3. The Morgan fingerprint density at radius 1 is 0.710 bits per heavy atom. The smallest absolute Gasteiger partial charge is 0.168 e. The summed E-state index contributed by atoms with van der Waals surface area (Å²) in [6.45, 7) is 0. The number of hydrogen-bond donors (Lipinski definition) is 0. The van der Waals surface area contributed by atoms with Gasteiger partial charge in [-0.3, -0.25) is 0 Å². The van der Waals surface area contributed by atoms with Gasteiger partial charge >= 0.3 is 0 Å². The van der Waals surface area contributed by atoms with Crippen LogP contribution in [0, 0.1) is 11.3 Å². The lowest BCUT2D eigenvalue weighted by Crippen LogP contribution is -2.16. The monoisotopic (exact) mass is 417 g/mol. The van der Waals surface area contributed by atoms with E-state index in [-0.39, 0.29) is 0 Å². The highest BCUT2D eigenvalue weighted by molar-refractivity contribution is 7.83. The highest BCUT2D eigenvalue weighted by Gasteiger charge is 2.42. The molecule has 148 valence electrons. The predicted octanol–water partition coefficient (Wildman–Crippen LogP) is 5.89. The van der Waals surface area contributed by atoms with Crippen molar-refractivity contribution in [1.29, 1.82) is 5.26 Å². The number of hydrogen-bond acceptors (Lipinski definition) is 2. The molecule has 5 rings (SSSR count). The van der Waals surface area contributed by atoms with E-state index in [4.69, 9.17) is 5.26 Å². The summed E-state index contributed by atoms with van der Waals surface area (Å²) in [6, 6.07) is 37.9. The predicted molar refractivity (Wildman–Crippen MR) is 127 cm³/mol. The van der Waals surface area contributed by atoms with Crippen molar-refractivity contribution in [3.05, 3.63) is 137 Å². The fourth-order valence-electron chi connectivity index (χ4n) is 4.37. The summed E-state index contributed by atoms with van der Waals surface area (Å²) >= 11 is 0. The van der Waals surface area contributed by atoms with E-state index in [2.05, 4.69) is 24.3 Å². The molecule has 0 spiro atoms. The topological polar surface area (TPSA) is 40.9 Å². The Balaban J connectivity index is 1.79. The van der Waals surface area contributed by atoms with E-state index in [1.54, 1.807) is 0 Å². The number of benzene rings is 4. The van der Waals surface area contributed by atoms with Crippen LogP contribution >= 0.6 is 7.14 Å². The third kappa shape index (κ3) is 3.25. The molecule has 0 saturated heterocycles. The van der Waals surface area contributed by atoms with Gasteiger partial charge in [-0.05, 0) is 34.4 Å². The minimum atomic E-state index is -3.01. The largest absolute Gasteiger partial charge is 0.309 e. The Morgan fingerprint density at radius 2 is 1.32 bits per heavy atom. The van der Waals surface area contributed by atoms with Crippen LogP contribution in [0.1, 0.15) is 22.3 Å². The van der Waals surface area contributed by atoms with Crippen LogP contribution in [0.4, 0.5) is 0 Å². The second kappa shape index (κ2) is 7.88. The van der Waals surface area contributed by atoms with E-state index in [1.807, 2.05) is 91.0 Å². The summed E-state index contributed by atoms with van der Waals surface area (Å²) in [7, 11) is -3.01. The van der Waals surface area contributed by atoms with Crippen molar-refractivity contribution in [1.82, 2.24) is 0 Å². The molecule has 31 heavy (non-hydrogen) atoms. The quantitative estimate of drug-likeness (QED) is 0.389. The highest BCUT2D eigenvalue weighted by atomic mass is 31.2. The molecule has 1 heterocycles. The van der Waals surface area contributed by atoms with Crippen LogP contribution in [0.2, 0.25) is 0 Å². The van der Waals surface area contributed by atoms with Gasteiger partial charge in [-0.25, -0.2) is 0 Å². The summed E-state index contributed by atoms with van der Waals surface area (Å²) in [5.41, 5.74) is 4.86. The Labute approximate surface area is 182 Å². The minimum Gasteiger partial charge on any atom is -0.309 e. The number of nitrogens with zero attached hydrogens (tertiary/aromatic N) is 1. The van der Waals surface area contributed by atoms with Crippen LogP contribution in [-0.4, -0.2) is 0 Å². The number of nitriles is 1. The number of rotatable bonds is 4. The number of fused-ring (bicyclic) bond motifs is 1. The molecule has 0 saturated carbocycles. The molecule has 0 N–H and O–H groups in total. The Hall–Kier alpha value is -3.66. The van der Waals surface area contributed by atoms with E-state index >= 15 is 0 Å². The first kappa shape index (κ1) is 19.3.